The zero-order valence-electron chi connectivity index (χ0n) is 14.1. The van der Waals surface area contributed by atoms with Crippen molar-refractivity contribution in [2.24, 2.45) is 7.05 Å². The lowest BCUT2D eigenvalue weighted by molar-refractivity contribution is 0.187. The van der Waals surface area contributed by atoms with Gasteiger partial charge in [-0.3, -0.25) is 4.68 Å². The summed E-state index contributed by atoms with van der Waals surface area (Å²) in [5.74, 6) is 0. The fourth-order valence-electron chi connectivity index (χ4n) is 3.64. The lowest BCUT2D eigenvalue weighted by Gasteiger charge is -2.31. The lowest BCUT2D eigenvalue weighted by Crippen LogP contribution is -2.34. The zero-order valence-corrected chi connectivity index (χ0v) is 15.7. The average Bonchev–Trinajstić information content (AvgIpc) is 3.20. The Balaban J connectivity index is 1.65. The molecule has 0 bridgehead atoms. The van der Waals surface area contributed by atoms with Crippen LogP contribution < -0.4 is 0 Å². The normalized spacial score (nSPS) is 17.0. The van der Waals surface area contributed by atoms with Gasteiger partial charge in [-0.25, -0.2) is 4.98 Å². The second-order valence-corrected chi connectivity index (χ2v) is 7.47. The van der Waals surface area contributed by atoms with Crippen LogP contribution in [0.3, 0.4) is 0 Å². The van der Waals surface area contributed by atoms with E-state index in [9.17, 15) is 0 Å². The first kappa shape index (κ1) is 15.8. The molecule has 1 fully saturated rings. The van der Waals surface area contributed by atoms with Crippen LogP contribution in [0.25, 0.3) is 22.2 Å². The Bertz CT molecular complexity index is 858. The van der Waals surface area contributed by atoms with Crippen molar-refractivity contribution in [3.63, 3.8) is 0 Å². The topological polar surface area (TPSA) is 38.9 Å². The number of hydrogen-bond donors (Lipinski definition) is 0. The van der Waals surface area contributed by atoms with Gasteiger partial charge in [-0.1, -0.05) is 6.92 Å². The number of aromatic nitrogens is 4. The molecule has 5 nitrogen and oxygen atoms in total. The van der Waals surface area contributed by atoms with Crippen molar-refractivity contribution in [3.05, 3.63) is 35.3 Å². The van der Waals surface area contributed by atoms with Crippen molar-refractivity contribution in [3.8, 4) is 11.1 Å². The van der Waals surface area contributed by atoms with Crippen molar-refractivity contribution >= 4 is 27.0 Å². The first-order valence-corrected chi connectivity index (χ1v) is 9.32. The van der Waals surface area contributed by atoms with Crippen molar-refractivity contribution in [1.82, 2.24) is 24.2 Å². The van der Waals surface area contributed by atoms with Crippen molar-refractivity contribution in [2.45, 2.75) is 25.8 Å². The molecule has 3 aromatic rings. The van der Waals surface area contributed by atoms with Gasteiger partial charge >= 0.3 is 0 Å². The predicted molar refractivity (Wildman–Crippen MR) is 100 cm³/mol. The number of nitrogens with zero attached hydrogens (tertiary/aromatic N) is 5. The molecule has 0 amide bonds. The predicted octanol–water partition coefficient (Wildman–Crippen LogP) is 3.86. The molecule has 0 radical (unpaired) electrons. The number of fused-ring (bicyclic) bond motifs is 1. The van der Waals surface area contributed by atoms with Gasteiger partial charge in [0.15, 0.2) is 0 Å². The average molecular weight is 388 g/mol. The molecule has 4 heterocycles. The van der Waals surface area contributed by atoms with Gasteiger partial charge in [-0.05, 0) is 41.4 Å². The third-order valence-corrected chi connectivity index (χ3v) is 5.50. The molecular weight excluding hydrogens is 366 g/mol. The first-order valence-electron chi connectivity index (χ1n) is 8.53. The minimum atomic E-state index is 0.515. The maximum atomic E-state index is 4.66. The summed E-state index contributed by atoms with van der Waals surface area (Å²) >= 11 is 3.53. The third-order valence-electron chi connectivity index (χ3n) is 5.07. The molecule has 4 rings (SSSR count). The van der Waals surface area contributed by atoms with Crippen molar-refractivity contribution in [2.75, 3.05) is 19.6 Å². The summed E-state index contributed by atoms with van der Waals surface area (Å²) in [6.45, 7) is 5.72. The molecule has 1 aliphatic rings. The number of likely N-dealkylation sites (tertiary alicyclic amines) is 1. The Morgan fingerprint density at radius 3 is 2.75 bits per heavy atom. The molecule has 0 aliphatic carbocycles. The van der Waals surface area contributed by atoms with Gasteiger partial charge < -0.3 is 9.47 Å². The summed E-state index contributed by atoms with van der Waals surface area (Å²) in [5.41, 5.74) is 3.36. The van der Waals surface area contributed by atoms with E-state index in [-0.39, 0.29) is 0 Å². The van der Waals surface area contributed by atoms with Gasteiger partial charge in [-0.2, -0.15) is 5.10 Å². The van der Waals surface area contributed by atoms with E-state index in [1.807, 2.05) is 19.4 Å². The number of rotatable bonds is 3. The van der Waals surface area contributed by atoms with E-state index in [4.69, 9.17) is 0 Å². The number of halogens is 1. The number of hydrogen-bond acceptors (Lipinski definition) is 3. The van der Waals surface area contributed by atoms with Gasteiger partial charge in [0.25, 0.3) is 0 Å². The highest BCUT2D eigenvalue weighted by Crippen LogP contribution is 2.32. The molecule has 6 heteroatoms. The Labute approximate surface area is 150 Å². The zero-order chi connectivity index (χ0) is 16.7. The van der Waals surface area contributed by atoms with Crippen LogP contribution in [0.4, 0.5) is 0 Å². The first-order chi connectivity index (χ1) is 11.7. The Morgan fingerprint density at radius 1 is 1.21 bits per heavy atom. The molecule has 0 spiro atoms. The summed E-state index contributed by atoms with van der Waals surface area (Å²) in [6, 6.07) is 2.65. The molecule has 0 unspecified atom stereocenters. The van der Waals surface area contributed by atoms with Crippen LogP contribution in [0.1, 0.15) is 25.8 Å². The van der Waals surface area contributed by atoms with Gasteiger partial charge in [0, 0.05) is 59.7 Å². The summed E-state index contributed by atoms with van der Waals surface area (Å²) < 4.78 is 5.24. The van der Waals surface area contributed by atoms with E-state index in [0.717, 1.165) is 22.1 Å². The van der Waals surface area contributed by atoms with Gasteiger partial charge in [0.1, 0.15) is 5.65 Å². The molecule has 126 valence electrons. The molecule has 0 aromatic carbocycles. The van der Waals surface area contributed by atoms with Crippen LogP contribution in [0, 0.1) is 0 Å². The number of pyridine rings is 1. The summed E-state index contributed by atoms with van der Waals surface area (Å²) in [4.78, 5) is 7.03. The van der Waals surface area contributed by atoms with Crippen LogP contribution in [-0.2, 0) is 7.05 Å². The Kier molecular flexibility index (Phi) is 4.18. The molecule has 24 heavy (non-hydrogen) atoms. The second-order valence-electron chi connectivity index (χ2n) is 6.55. The SMILES string of the molecule is CCN1CCC(n2cc(-c3cn(C)c4ncc(Br)cc34)cn2)CC1. The standard InChI is InChI=1S/C18H22BrN5/c1-3-23-6-4-15(5-7-23)24-11-13(9-21-24)17-12-22(2)18-16(17)8-14(19)10-20-18/h8-12,15H,3-7H2,1-2H3. The van der Waals surface area contributed by atoms with E-state index in [1.54, 1.807) is 0 Å². The van der Waals surface area contributed by atoms with Crippen molar-refractivity contribution in [1.29, 1.82) is 0 Å². The molecule has 0 saturated carbocycles. The highest BCUT2D eigenvalue weighted by Gasteiger charge is 2.21. The summed E-state index contributed by atoms with van der Waals surface area (Å²) in [7, 11) is 2.04. The molecule has 1 aliphatic heterocycles. The minimum absolute atomic E-state index is 0.515. The van der Waals surface area contributed by atoms with Gasteiger partial charge in [0.2, 0.25) is 0 Å². The minimum Gasteiger partial charge on any atom is -0.335 e. The van der Waals surface area contributed by atoms with Crippen LogP contribution in [0.5, 0.6) is 0 Å². The van der Waals surface area contributed by atoms with E-state index < -0.39 is 0 Å². The van der Waals surface area contributed by atoms with E-state index in [0.29, 0.717) is 6.04 Å². The smallest absolute Gasteiger partial charge is 0.140 e. The van der Waals surface area contributed by atoms with Gasteiger partial charge in [-0.15, -0.1) is 0 Å². The largest absolute Gasteiger partial charge is 0.335 e. The van der Waals surface area contributed by atoms with E-state index >= 15 is 0 Å². The third kappa shape index (κ3) is 2.78. The molecule has 0 N–H and O–H groups in total. The Hall–Kier alpha value is -1.66. The maximum absolute atomic E-state index is 4.66. The maximum Gasteiger partial charge on any atom is 0.140 e. The number of piperidine rings is 1. The van der Waals surface area contributed by atoms with E-state index in [1.165, 1.54) is 37.1 Å². The number of aryl methyl sites for hydroxylation is 1. The highest BCUT2D eigenvalue weighted by molar-refractivity contribution is 9.10. The second kappa shape index (κ2) is 6.33. The Morgan fingerprint density at radius 2 is 2.00 bits per heavy atom. The highest BCUT2D eigenvalue weighted by atomic mass is 79.9. The molecule has 0 atom stereocenters. The van der Waals surface area contributed by atoms with Crippen LogP contribution in [0.2, 0.25) is 0 Å². The van der Waals surface area contributed by atoms with Crippen molar-refractivity contribution < 1.29 is 0 Å². The molecule has 1 saturated heterocycles. The van der Waals surface area contributed by atoms with Crippen LogP contribution in [0.15, 0.2) is 35.3 Å². The monoisotopic (exact) mass is 387 g/mol. The fourth-order valence-corrected chi connectivity index (χ4v) is 3.97. The lowest BCUT2D eigenvalue weighted by atomic mass is 10.1. The quantitative estimate of drug-likeness (QED) is 0.684. The van der Waals surface area contributed by atoms with Crippen LogP contribution in [-0.4, -0.2) is 43.9 Å². The molecule has 3 aromatic heterocycles. The fraction of sp³-hybridized carbons (Fsp3) is 0.444. The summed E-state index contributed by atoms with van der Waals surface area (Å²) in [5, 5.41) is 5.82. The molecular formula is C18H22BrN5. The summed E-state index contributed by atoms with van der Waals surface area (Å²) in [6.07, 6.45) is 10.5. The van der Waals surface area contributed by atoms with E-state index in [2.05, 4.69) is 65.5 Å². The van der Waals surface area contributed by atoms with Gasteiger partial charge in [0.05, 0.1) is 12.2 Å². The van der Waals surface area contributed by atoms with Crippen LogP contribution >= 0.6 is 15.9 Å².